The second-order valence-electron chi connectivity index (χ2n) is 5.66. The molecule has 0 radical (unpaired) electrons. The molecule has 1 saturated heterocycles. The summed E-state index contributed by atoms with van der Waals surface area (Å²) in [4.78, 5) is 2.44. The highest BCUT2D eigenvalue weighted by Gasteiger charge is 2.24. The van der Waals surface area contributed by atoms with Crippen LogP contribution in [0.25, 0.3) is 0 Å². The van der Waals surface area contributed by atoms with E-state index in [1.165, 1.54) is 6.42 Å². The SMILES string of the molecule is CC(CNC(C)(C)C)N(C)C1CCOC1. The first-order valence-corrected chi connectivity index (χ1v) is 5.95. The molecule has 2 unspecified atom stereocenters. The lowest BCUT2D eigenvalue weighted by atomic mass is 10.1. The zero-order chi connectivity index (χ0) is 11.5. The van der Waals surface area contributed by atoms with E-state index < -0.39 is 0 Å². The first-order valence-electron chi connectivity index (χ1n) is 5.95. The zero-order valence-electron chi connectivity index (χ0n) is 10.8. The second-order valence-corrected chi connectivity index (χ2v) is 5.66. The third kappa shape index (κ3) is 4.49. The molecule has 2 atom stereocenters. The Balaban J connectivity index is 2.29. The molecule has 0 amide bonds. The van der Waals surface area contributed by atoms with E-state index in [1.54, 1.807) is 0 Å². The van der Waals surface area contributed by atoms with Gasteiger partial charge in [-0.2, -0.15) is 0 Å². The maximum absolute atomic E-state index is 5.41. The average Bonchev–Trinajstić information content (AvgIpc) is 2.64. The number of nitrogens with one attached hydrogen (secondary N) is 1. The number of likely N-dealkylation sites (N-methyl/N-ethyl adjacent to an activating group) is 1. The molecule has 0 saturated carbocycles. The van der Waals surface area contributed by atoms with Gasteiger partial charge < -0.3 is 10.1 Å². The van der Waals surface area contributed by atoms with Crippen molar-refractivity contribution >= 4 is 0 Å². The van der Waals surface area contributed by atoms with Crippen LogP contribution in [0.1, 0.15) is 34.1 Å². The lowest BCUT2D eigenvalue weighted by Gasteiger charge is -2.32. The van der Waals surface area contributed by atoms with Crippen LogP contribution in [-0.4, -0.2) is 49.3 Å². The van der Waals surface area contributed by atoms with Crippen molar-refractivity contribution in [2.75, 3.05) is 26.8 Å². The highest BCUT2D eigenvalue weighted by atomic mass is 16.5. The minimum atomic E-state index is 0.210. The van der Waals surface area contributed by atoms with Crippen molar-refractivity contribution in [1.29, 1.82) is 0 Å². The highest BCUT2D eigenvalue weighted by molar-refractivity contribution is 4.80. The number of rotatable bonds is 4. The van der Waals surface area contributed by atoms with E-state index in [1.807, 2.05) is 0 Å². The summed E-state index contributed by atoms with van der Waals surface area (Å²) in [6.45, 7) is 11.8. The molecule has 1 N–H and O–H groups in total. The summed E-state index contributed by atoms with van der Waals surface area (Å²) < 4.78 is 5.41. The molecule has 90 valence electrons. The van der Waals surface area contributed by atoms with Crippen LogP contribution >= 0.6 is 0 Å². The van der Waals surface area contributed by atoms with Gasteiger partial charge in [-0.05, 0) is 41.2 Å². The highest BCUT2D eigenvalue weighted by Crippen LogP contribution is 2.13. The molecule has 1 rings (SSSR count). The van der Waals surface area contributed by atoms with Gasteiger partial charge in [-0.25, -0.2) is 0 Å². The number of ether oxygens (including phenoxy) is 1. The minimum Gasteiger partial charge on any atom is -0.380 e. The van der Waals surface area contributed by atoms with Crippen molar-refractivity contribution in [2.45, 2.75) is 51.7 Å². The Labute approximate surface area is 94.2 Å². The summed E-state index contributed by atoms with van der Waals surface area (Å²) in [5.41, 5.74) is 0.210. The normalized spacial score (nSPS) is 24.8. The number of hydrogen-bond acceptors (Lipinski definition) is 3. The molecule has 0 bridgehead atoms. The Kier molecular flexibility index (Phi) is 4.56. The van der Waals surface area contributed by atoms with Crippen LogP contribution in [0.15, 0.2) is 0 Å². The quantitative estimate of drug-likeness (QED) is 0.767. The van der Waals surface area contributed by atoms with Gasteiger partial charge in [-0.15, -0.1) is 0 Å². The largest absolute Gasteiger partial charge is 0.380 e. The van der Waals surface area contributed by atoms with Crippen LogP contribution in [0.4, 0.5) is 0 Å². The third-order valence-corrected chi connectivity index (χ3v) is 3.10. The minimum absolute atomic E-state index is 0.210. The van der Waals surface area contributed by atoms with Crippen molar-refractivity contribution in [3.05, 3.63) is 0 Å². The molecule has 1 aliphatic rings. The van der Waals surface area contributed by atoms with Crippen molar-refractivity contribution in [3.8, 4) is 0 Å². The topological polar surface area (TPSA) is 24.5 Å². The van der Waals surface area contributed by atoms with Gasteiger partial charge in [0.1, 0.15) is 0 Å². The van der Waals surface area contributed by atoms with Crippen LogP contribution in [0, 0.1) is 0 Å². The first-order chi connectivity index (χ1) is 6.90. The molecule has 3 nitrogen and oxygen atoms in total. The summed E-state index contributed by atoms with van der Waals surface area (Å²) in [5, 5.41) is 3.54. The van der Waals surface area contributed by atoms with Gasteiger partial charge in [0, 0.05) is 30.8 Å². The van der Waals surface area contributed by atoms with Gasteiger partial charge in [0.05, 0.1) is 6.61 Å². The van der Waals surface area contributed by atoms with Crippen molar-refractivity contribution in [1.82, 2.24) is 10.2 Å². The van der Waals surface area contributed by atoms with E-state index in [4.69, 9.17) is 4.74 Å². The molecular weight excluding hydrogens is 188 g/mol. The zero-order valence-corrected chi connectivity index (χ0v) is 10.8. The molecule has 1 aliphatic heterocycles. The molecule has 0 aromatic carbocycles. The Hall–Kier alpha value is -0.120. The maximum Gasteiger partial charge on any atom is 0.0622 e. The van der Waals surface area contributed by atoms with E-state index in [0.717, 1.165) is 19.8 Å². The van der Waals surface area contributed by atoms with Gasteiger partial charge in [-0.3, -0.25) is 4.90 Å². The Morgan fingerprint density at radius 1 is 1.47 bits per heavy atom. The van der Waals surface area contributed by atoms with Crippen molar-refractivity contribution < 1.29 is 4.74 Å². The molecule has 0 spiro atoms. The maximum atomic E-state index is 5.41. The fourth-order valence-electron chi connectivity index (χ4n) is 1.80. The van der Waals surface area contributed by atoms with Gasteiger partial charge in [0.15, 0.2) is 0 Å². The van der Waals surface area contributed by atoms with Crippen LogP contribution in [0.3, 0.4) is 0 Å². The van der Waals surface area contributed by atoms with Crippen LogP contribution in [0.5, 0.6) is 0 Å². The van der Waals surface area contributed by atoms with Crippen LogP contribution < -0.4 is 5.32 Å². The van der Waals surface area contributed by atoms with Crippen molar-refractivity contribution in [3.63, 3.8) is 0 Å². The summed E-state index contributed by atoms with van der Waals surface area (Å²) in [6, 6.07) is 1.18. The predicted octanol–water partition coefficient (Wildman–Crippen LogP) is 1.48. The first kappa shape index (κ1) is 12.9. The number of hydrogen-bond donors (Lipinski definition) is 1. The van der Waals surface area contributed by atoms with E-state index in [2.05, 4.69) is 45.0 Å². The van der Waals surface area contributed by atoms with Gasteiger partial charge in [0.25, 0.3) is 0 Å². The molecule has 0 aliphatic carbocycles. The van der Waals surface area contributed by atoms with Gasteiger partial charge in [-0.1, -0.05) is 0 Å². The fourth-order valence-corrected chi connectivity index (χ4v) is 1.80. The Morgan fingerprint density at radius 3 is 2.60 bits per heavy atom. The standard InChI is InChI=1S/C12H26N2O/c1-10(8-13-12(2,3)4)14(5)11-6-7-15-9-11/h10-11,13H,6-9H2,1-5H3. The van der Waals surface area contributed by atoms with E-state index in [0.29, 0.717) is 12.1 Å². The Morgan fingerprint density at radius 2 is 2.13 bits per heavy atom. The lowest BCUT2D eigenvalue weighted by molar-refractivity contribution is 0.134. The van der Waals surface area contributed by atoms with Crippen molar-refractivity contribution in [2.24, 2.45) is 0 Å². The molecular formula is C12H26N2O. The summed E-state index contributed by atoms with van der Waals surface area (Å²) in [5.74, 6) is 0. The van der Waals surface area contributed by atoms with E-state index in [9.17, 15) is 0 Å². The summed E-state index contributed by atoms with van der Waals surface area (Å²) >= 11 is 0. The monoisotopic (exact) mass is 214 g/mol. The number of nitrogens with zero attached hydrogens (tertiary/aromatic N) is 1. The molecule has 15 heavy (non-hydrogen) atoms. The predicted molar refractivity (Wildman–Crippen MR) is 64.2 cm³/mol. The van der Waals surface area contributed by atoms with Gasteiger partial charge >= 0.3 is 0 Å². The Bertz CT molecular complexity index is 183. The smallest absolute Gasteiger partial charge is 0.0622 e. The van der Waals surface area contributed by atoms with E-state index in [-0.39, 0.29) is 5.54 Å². The fraction of sp³-hybridized carbons (Fsp3) is 1.00. The summed E-state index contributed by atoms with van der Waals surface area (Å²) in [7, 11) is 2.20. The molecule has 1 heterocycles. The molecule has 0 aromatic heterocycles. The second kappa shape index (κ2) is 5.28. The average molecular weight is 214 g/mol. The van der Waals surface area contributed by atoms with Crippen LogP contribution in [-0.2, 0) is 4.74 Å². The summed E-state index contributed by atoms with van der Waals surface area (Å²) in [6.07, 6.45) is 1.18. The molecule has 0 aromatic rings. The van der Waals surface area contributed by atoms with Gasteiger partial charge in [0.2, 0.25) is 0 Å². The van der Waals surface area contributed by atoms with Crippen LogP contribution in [0.2, 0.25) is 0 Å². The molecule has 1 fully saturated rings. The lowest BCUT2D eigenvalue weighted by Crippen LogP contribution is -2.48. The molecule has 3 heteroatoms. The van der Waals surface area contributed by atoms with E-state index >= 15 is 0 Å². The third-order valence-electron chi connectivity index (χ3n) is 3.10.